The maximum atomic E-state index is 12.8. The van der Waals surface area contributed by atoms with E-state index >= 15 is 0 Å². The average molecular weight is 404 g/mol. The largest absolute Gasteiger partial charge is 0.341 e. The summed E-state index contributed by atoms with van der Waals surface area (Å²) < 4.78 is 0. The van der Waals surface area contributed by atoms with Gasteiger partial charge in [-0.2, -0.15) is 11.8 Å². The Labute approximate surface area is 173 Å². The molecule has 0 aliphatic carbocycles. The molecular formula is C22H33N3O2S. The Kier molecular flexibility index (Phi) is 7.80. The van der Waals surface area contributed by atoms with Gasteiger partial charge in [0, 0.05) is 50.6 Å². The van der Waals surface area contributed by atoms with E-state index in [4.69, 9.17) is 0 Å². The number of amides is 2. The van der Waals surface area contributed by atoms with Crippen LogP contribution in [0.15, 0.2) is 24.3 Å². The van der Waals surface area contributed by atoms with E-state index in [-0.39, 0.29) is 17.9 Å². The summed E-state index contributed by atoms with van der Waals surface area (Å²) in [6, 6.07) is 7.92. The predicted molar refractivity (Wildman–Crippen MR) is 116 cm³/mol. The van der Waals surface area contributed by atoms with Crippen LogP contribution in [0.5, 0.6) is 0 Å². The maximum Gasteiger partial charge on any atom is 0.253 e. The fraction of sp³-hybridized carbons (Fsp3) is 0.636. The third kappa shape index (κ3) is 5.29. The molecule has 28 heavy (non-hydrogen) atoms. The quantitative estimate of drug-likeness (QED) is 0.732. The Balaban J connectivity index is 1.50. The predicted octanol–water partition coefficient (Wildman–Crippen LogP) is 3.10. The summed E-state index contributed by atoms with van der Waals surface area (Å²) in [6.07, 6.45) is 3.48. The highest BCUT2D eigenvalue weighted by Gasteiger charge is 2.30. The topological polar surface area (TPSA) is 43.9 Å². The lowest BCUT2D eigenvalue weighted by molar-refractivity contribution is -0.137. The van der Waals surface area contributed by atoms with Crippen molar-refractivity contribution in [3.8, 4) is 0 Å². The van der Waals surface area contributed by atoms with E-state index in [1.54, 1.807) is 0 Å². The summed E-state index contributed by atoms with van der Waals surface area (Å²) in [5.41, 5.74) is 2.02. The van der Waals surface area contributed by atoms with Crippen LogP contribution in [0.4, 0.5) is 0 Å². The van der Waals surface area contributed by atoms with Gasteiger partial charge in [-0.25, -0.2) is 0 Å². The van der Waals surface area contributed by atoms with E-state index < -0.39 is 0 Å². The lowest BCUT2D eigenvalue weighted by atomic mass is 10.1. The molecule has 0 N–H and O–H groups in total. The molecule has 2 saturated heterocycles. The first kappa shape index (κ1) is 21.2. The second-order valence-electron chi connectivity index (χ2n) is 7.72. The van der Waals surface area contributed by atoms with Crippen molar-refractivity contribution in [1.29, 1.82) is 0 Å². The highest BCUT2D eigenvalue weighted by molar-refractivity contribution is 7.98. The van der Waals surface area contributed by atoms with Gasteiger partial charge in [0.1, 0.15) is 0 Å². The second-order valence-corrected chi connectivity index (χ2v) is 9.00. The average Bonchev–Trinajstić information content (AvgIpc) is 2.77. The molecule has 6 heteroatoms. The summed E-state index contributed by atoms with van der Waals surface area (Å²) >= 11 is 1.89. The van der Waals surface area contributed by atoms with Crippen LogP contribution in [-0.4, -0.2) is 77.6 Å². The van der Waals surface area contributed by atoms with E-state index in [1.165, 1.54) is 12.0 Å². The number of hydrogen-bond donors (Lipinski definition) is 0. The number of benzene rings is 1. The zero-order chi connectivity index (χ0) is 19.9. The van der Waals surface area contributed by atoms with Crippen LogP contribution in [0.3, 0.4) is 0 Å². The number of hydrogen-bond acceptors (Lipinski definition) is 4. The maximum absolute atomic E-state index is 12.8. The number of carbonyl (C=O) groups excluding carboxylic acids is 2. The molecule has 1 atom stereocenters. The summed E-state index contributed by atoms with van der Waals surface area (Å²) in [7, 11) is 0. The number of nitrogens with zero attached hydrogens (tertiary/aromatic N) is 3. The first-order valence-electron chi connectivity index (χ1n) is 10.6. The minimum absolute atomic E-state index is 0.0919. The Morgan fingerprint density at radius 1 is 0.929 bits per heavy atom. The summed E-state index contributed by atoms with van der Waals surface area (Å²) in [5.74, 6) is 2.44. The van der Waals surface area contributed by atoms with Crippen molar-refractivity contribution < 1.29 is 9.59 Å². The number of thioether (sulfide) groups is 1. The van der Waals surface area contributed by atoms with Gasteiger partial charge >= 0.3 is 0 Å². The van der Waals surface area contributed by atoms with Crippen LogP contribution < -0.4 is 0 Å². The molecule has 0 saturated carbocycles. The van der Waals surface area contributed by atoms with E-state index in [0.29, 0.717) is 13.1 Å². The molecule has 0 radical (unpaired) electrons. The van der Waals surface area contributed by atoms with Gasteiger partial charge < -0.3 is 9.80 Å². The van der Waals surface area contributed by atoms with Crippen molar-refractivity contribution in [3.63, 3.8) is 0 Å². The van der Waals surface area contributed by atoms with Gasteiger partial charge in [-0.15, -0.1) is 0 Å². The molecule has 1 aromatic rings. The van der Waals surface area contributed by atoms with Gasteiger partial charge in [0.2, 0.25) is 5.91 Å². The van der Waals surface area contributed by atoms with Gasteiger partial charge in [-0.3, -0.25) is 14.5 Å². The zero-order valence-electron chi connectivity index (χ0n) is 17.2. The fourth-order valence-corrected chi connectivity index (χ4v) is 4.63. The van der Waals surface area contributed by atoms with Crippen LogP contribution >= 0.6 is 11.8 Å². The molecule has 154 valence electrons. The van der Waals surface area contributed by atoms with Crippen molar-refractivity contribution in [2.24, 2.45) is 0 Å². The molecule has 0 spiro atoms. The van der Waals surface area contributed by atoms with Crippen molar-refractivity contribution in [1.82, 2.24) is 14.7 Å². The van der Waals surface area contributed by atoms with Crippen LogP contribution in [-0.2, 0) is 10.5 Å². The van der Waals surface area contributed by atoms with Crippen molar-refractivity contribution in [2.45, 2.75) is 44.9 Å². The van der Waals surface area contributed by atoms with E-state index in [1.807, 2.05) is 40.6 Å². The lowest BCUT2D eigenvalue weighted by Gasteiger charge is -2.39. The molecule has 2 aliphatic rings. The molecule has 2 amide bonds. The standard InChI is InChI=1S/C22H33N3O2S/c1-3-28-17-19-7-9-20(10-8-19)22(27)25-15-13-23(14-16-25)18(2)21(26)24-11-5-4-6-12-24/h7-10,18H,3-6,11-17H2,1-2H3. The zero-order valence-corrected chi connectivity index (χ0v) is 18.0. The van der Waals surface area contributed by atoms with Gasteiger partial charge in [-0.1, -0.05) is 19.1 Å². The van der Waals surface area contributed by atoms with Crippen molar-refractivity contribution in [3.05, 3.63) is 35.4 Å². The molecule has 1 unspecified atom stereocenters. The highest BCUT2D eigenvalue weighted by Crippen LogP contribution is 2.17. The third-order valence-electron chi connectivity index (χ3n) is 5.85. The number of likely N-dealkylation sites (tertiary alicyclic amines) is 1. The molecular weight excluding hydrogens is 370 g/mol. The molecule has 0 aromatic heterocycles. The van der Waals surface area contributed by atoms with E-state index in [2.05, 4.69) is 24.0 Å². The minimum Gasteiger partial charge on any atom is -0.341 e. The van der Waals surface area contributed by atoms with E-state index in [0.717, 1.165) is 56.1 Å². The van der Waals surface area contributed by atoms with Crippen LogP contribution in [0.25, 0.3) is 0 Å². The van der Waals surface area contributed by atoms with Gasteiger partial charge in [0.05, 0.1) is 6.04 Å². The smallest absolute Gasteiger partial charge is 0.253 e. The fourth-order valence-electron chi connectivity index (χ4n) is 3.99. The molecule has 3 rings (SSSR count). The summed E-state index contributed by atoms with van der Waals surface area (Å²) in [6.45, 7) is 8.86. The molecule has 5 nitrogen and oxygen atoms in total. The Morgan fingerprint density at radius 3 is 2.18 bits per heavy atom. The first-order chi connectivity index (χ1) is 13.6. The number of piperazine rings is 1. The van der Waals surface area contributed by atoms with E-state index in [9.17, 15) is 9.59 Å². The molecule has 0 bridgehead atoms. The number of carbonyl (C=O) groups is 2. The highest BCUT2D eigenvalue weighted by atomic mass is 32.2. The van der Waals surface area contributed by atoms with Crippen LogP contribution in [0, 0.1) is 0 Å². The molecule has 2 heterocycles. The Morgan fingerprint density at radius 2 is 1.57 bits per heavy atom. The SMILES string of the molecule is CCSCc1ccc(C(=O)N2CCN(C(C)C(=O)N3CCCCC3)CC2)cc1. The number of rotatable bonds is 6. The Bertz CT molecular complexity index is 650. The van der Waals surface area contributed by atoms with Crippen molar-refractivity contribution in [2.75, 3.05) is 45.0 Å². The van der Waals surface area contributed by atoms with Crippen LogP contribution in [0.2, 0.25) is 0 Å². The van der Waals surface area contributed by atoms with Gasteiger partial charge in [-0.05, 0) is 49.6 Å². The first-order valence-corrected chi connectivity index (χ1v) is 11.7. The second kappa shape index (κ2) is 10.3. The Hall–Kier alpha value is -1.53. The summed E-state index contributed by atoms with van der Waals surface area (Å²) in [4.78, 5) is 31.7. The normalized spacial score (nSPS) is 19.5. The molecule has 2 fully saturated rings. The minimum atomic E-state index is -0.0919. The molecule has 1 aromatic carbocycles. The molecule has 2 aliphatic heterocycles. The van der Waals surface area contributed by atoms with Crippen molar-refractivity contribution >= 4 is 23.6 Å². The van der Waals surface area contributed by atoms with Gasteiger partial charge in [0.15, 0.2) is 0 Å². The number of piperidine rings is 1. The lowest BCUT2D eigenvalue weighted by Crippen LogP contribution is -2.56. The third-order valence-corrected chi connectivity index (χ3v) is 6.79. The van der Waals surface area contributed by atoms with Crippen LogP contribution in [0.1, 0.15) is 49.0 Å². The van der Waals surface area contributed by atoms with Gasteiger partial charge in [0.25, 0.3) is 5.91 Å². The summed E-state index contributed by atoms with van der Waals surface area (Å²) in [5, 5.41) is 0. The monoisotopic (exact) mass is 403 g/mol.